The van der Waals surface area contributed by atoms with Crippen molar-refractivity contribution in [3.63, 3.8) is 0 Å². The van der Waals surface area contributed by atoms with Crippen molar-refractivity contribution in [2.75, 3.05) is 12.8 Å². The maximum Gasteiger partial charge on any atom is 0.205 e. The number of rotatable bonds is 4. The van der Waals surface area contributed by atoms with E-state index in [1.54, 1.807) is 0 Å². The summed E-state index contributed by atoms with van der Waals surface area (Å²) in [6.45, 7) is 8.24. The zero-order chi connectivity index (χ0) is 8.20. The van der Waals surface area contributed by atoms with Gasteiger partial charge in [0.1, 0.15) is 0 Å². The molecule has 0 radical (unpaired) electrons. The van der Waals surface area contributed by atoms with Crippen LogP contribution in [0.3, 0.4) is 0 Å². The Morgan fingerprint density at radius 3 is 2.00 bits per heavy atom. The monoisotopic (exact) mass is 164 g/mol. The molecule has 0 fully saturated rings. The molecule has 62 valence electrons. The van der Waals surface area contributed by atoms with Crippen LogP contribution in [0.5, 0.6) is 0 Å². The fourth-order valence-corrected chi connectivity index (χ4v) is 2.47. The van der Waals surface area contributed by atoms with Crippen molar-refractivity contribution < 1.29 is 9.09 Å². The normalized spacial score (nSPS) is 17.3. The van der Waals surface area contributed by atoms with Crippen molar-refractivity contribution in [1.82, 2.24) is 0 Å². The first-order valence-corrected chi connectivity index (χ1v) is 5.68. The largest absolute Gasteiger partial charge is 0.329 e. The van der Waals surface area contributed by atoms with Gasteiger partial charge in [-0.05, 0) is 6.92 Å². The van der Waals surface area contributed by atoms with Gasteiger partial charge in [0.05, 0.1) is 6.61 Å². The van der Waals surface area contributed by atoms with Crippen LogP contribution >= 0.6 is 7.37 Å². The molecule has 0 N–H and O–H groups in total. The maximum absolute atomic E-state index is 11.7. The fraction of sp³-hybridized carbons (Fsp3) is 1.00. The molecule has 0 unspecified atom stereocenters. The summed E-state index contributed by atoms with van der Waals surface area (Å²) in [5.41, 5.74) is 0.164. The highest BCUT2D eigenvalue weighted by molar-refractivity contribution is 7.59. The van der Waals surface area contributed by atoms with E-state index in [9.17, 15) is 4.57 Å². The van der Waals surface area contributed by atoms with Crippen LogP contribution in [0.2, 0.25) is 0 Å². The zero-order valence-electron chi connectivity index (χ0n) is 7.26. The molecular formula is C7H17O2P. The summed E-state index contributed by atoms with van der Waals surface area (Å²) >= 11 is 0. The first-order valence-electron chi connectivity index (χ1n) is 3.80. The Hall–Kier alpha value is 0.190. The van der Waals surface area contributed by atoms with Crippen molar-refractivity contribution in [2.45, 2.75) is 33.4 Å². The maximum atomic E-state index is 11.7. The Labute approximate surface area is 63.4 Å². The van der Waals surface area contributed by atoms with Crippen molar-refractivity contribution in [2.24, 2.45) is 0 Å². The minimum atomic E-state index is -2.27. The van der Waals surface area contributed by atoms with Gasteiger partial charge in [-0.2, -0.15) is 0 Å². The molecule has 0 aliphatic carbocycles. The predicted molar refractivity (Wildman–Crippen MR) is 44.9 cm³/mol. The lowest BCUT2D eigenvalue weighted by atomic mass is 10.6. The quantitative estimate of drug-likeness (QED) is 0.597. The molecule has 0 bridgehead atoms. The number of hydrogen-bond donors (Lipinski definition) is 0. The van der Waals surface area contributed by atoms with Crippen molar-refractivity contribution in [3.05, 3.63) is 0 Å². The van der Waals surface area contributed by atoms with Crippen molar-refractivity contribution >= 4 is 7.37 Å². The summed E-state index contributed by atoms with van der Waals surface area (Å²) in [5.74, 6) is 0. The zero-order valence-corrected chi connectivity index (χ0v) is 8.15. The van der Waals surface area contributed by atoms with E-state index in [1.165, 1.54) is 0 Å². The van der Waals surface area contributed by atoms with E-state index in [2.05, 4.69) is 0 Å². The van der Waals surface area contributed by atoms with Gasteiger partial charge < -0.3 is 4.52 Å². The lowest BCUT2D eigenvalue weighted by Crippen LogP contribution is -2.03. The summed E-state index contributed by atoms with van der Waals surface area (Å²) < 4.78 is 16.9. The van der Waals surface area contributed by atoms with Gasteiger partial charge in [0.15, 0.2) is 0 Å². The average molecular weight is 164 g/mol. The van der Waals surface area contributed by atoms with Crippen LogP contribution in [0.25, 0.3) is 0 Å². The molecule has 0 aromatic heterocycles. The molecule has 3 heteroatoms. The standard InChI is InChI=1S/C7H17O2P/c1-5-9-10(8,6-2)7(3)4/h7H,5-6H2,1-4H3/t10-/m1/s1. The molecule has 2 nitrogen and oxygen atoms in total. The van der Waals surface area contributed by atoms with Gasteiger partial charge in [-0.3, -0.25) is 4.57 Å². The fourth-order valence-electron chi connectivity index (χ4n) is 0.824. The van der Waals surface area contributed by atoms with E-state index in [0.29, 0.717) is 12.8 Å². The molecule has 0 saturated carbocycles. The Bertz CT molecular complexity index is 132. The second kappa shape index (κ2) is 4.15. The van der Waals surface area contributed by atoms with Gasteiger partial charge in [-0.25, -0.2) is 0 Å². The highest BCUT2D eigenvalue weighted by Crippen LogP contribution is 2.50. The Balaban J connectivity index is 4.10. The Morgan fingerprint density at radius 2 is 1.90 bits per heavy atom. The second-order valence-electron chi connectivity index (χ2n) is 2.55. The van der Waals surface area contributed by atoms with Crippen LogP contribution in [0.4, 0.5) is 0 Å². The average Bonchev–Trinajstić information content (AvgIpc) is 1.88. The smallest absolute Gasteiger partial charge is 0.205 e. The van der Waals surface area contributed by atoms with Crippen LogP contribution in [-0.4, -0.2) is 18.4 Å². The van der Waals surface area contributed by atoms with Gasteiger partial charge >= 0.3 is 0 Å². The molecule has 1 atom stereocenters. The molecule has 0 saturated heterocycles. The van der Waals surface area contributed by atoms with Crippen LogP contribution in [0.1, 0.15) is 27.7 Å². The first kappa shape index (κ1) is 10.2. The third-order valence-electron chi connectivity index (χ3n) is 1.58. The minimum absolute atomic E-state index is 0.164. The summed E-state index contributed by atoms with van der Waals surface area (Å²) in [4.78, 5) is 0. The molecule has 10 heavy (non-hydrogen) atoms. The summed E-state index contributed by atoms with van der Waals surface area (Å²) in [5, 5.41) is 0. The Morgan fingerprint density at radius 1 is 1.40 bits per heavy atom. The highest BCUT2D eigenvalue weighted by Gasteiger charge is 2.23. The molecule has 0 aromatic carbocycles. The van der Waals surface area contributed by atoms with E-state index in [-0.39, 0.29) is 5.66 Å². The lowest BCUT2D eigenvalue weighted by molar-refractivity contribution is 0.328. The molecule has 0 amide bonds. The van der Waals surface area contributed by atoms with E-state index < -0.39 is 7.37 Å². The Kier molecular flexibility index (Phi) is 4.23. The topological polar surface area (TPSA) is 26.3 Å². The van der Waals surface area contributed by atoms with E-state index >= 15 is 0 Å². The lowest BCUT2D eigenvalue weighted by Gasteiger charge is -2.19. The van der Waals surface area contributed by atoms with Gasteiger partial charge in [0.2, 0.25) is 7.37 Å². The van der Waals surface area contributed by atoms with E-state index in [4.69, 9.17) is 4.52 Å². The minimum Gasteiger partial charge on any atom is -0.329 e. The van der Waals surface area contributed by atoms with E-state index in [0.717, 1.165) is 0 Å². The van der Waals surface area contributed by atoms with Crippen molar-refractivity contribution in [3.8, 4) is 0 Å². The first-order chi connectivity index (χ1) is 4.56. The summed E-state index contributed by atoms with van der Waals surface area (Å²) in [6.07, 6.45) is 0.651. The second-order valence-corrected chi connectivity index (χ2v) is 5.93. The number of hydrogen-bond acceptors (Lipinski definition) is 2. The molecular weight excluding hydrogens is 147 g/mol. The van der Waals surface area contributed by atoms with Crippen LogP contribution in [-0.2, 0) is 9.09 Å². The van der Waals surface area contributed by atoms with Crippen molar-refractivity contribution in [1.29, 1.82) is 0 Å². The molecule has 0 aliphatic rings. The van der Waals surface area contributed by atoms with Crippen LogP contribution in [0, 0.1) is 0 Å². The summed E-state index contributed by atoms with van der Waals surface area (Å²) in [6, 6.07) is 0. The van der Waals surface area contributed by atoms with Crippen LogP contribution in [0.15, 0.2) is 0 Å². The van der Waals surface area contributed by atoms with Gasteiger partial charge in [0, 0.05) is 11.8 Å². The molecule has 0 spiro atoms. The summed E-state index contributed by atoms with van der Waals surface area (Å²) in [7, 11) is -2.27. The molecule has 0 rings (SSSR count). The van der Waals surface area contributed by atoms with Gasteiger partial charge in [-0.1, -0.05) is 20.8 Å². The SMILES string of the molecule is CCO[P@](=O)(CC)C(C)C. The highest BCUT2D eigenvalue weighted by atomic mass is 31.2. The third-order valence-corrected chi connectivity index (χ3v) is 4.73. The van der Waals surface area contributed by atoms with Crippen LogP contribution < -0.4 is 0 Å². The molecule has 0 heterocycles. The van der Waals surface area contributed by atoms with Gasteiger partial charge in [0.25, 0.3) is 0 Å². The molecule has 0 aromatic rings. The van der Waals surface area contributed by atoms with Gasteiger partial charge in [-0.15, -0.1) is 0 Å². The van der Waals surface area contributed by atoms with E-state index in [1.807, 2.05) is 27.7 Å². The molecule has 0 aliphatic heterocycles. The third kappa shape index (κ3) is 2.43. The predicted octanol–water partition coefficient (Wildman–Crippen LogP) is 2.73.